The Morgan fingerprint density at radius 3 is 2.05 bits per heavy atom. The van der Waals surface area contributed by atoms with Crippen molar-refractivity contribution in [2.45, 2.75) is 71.7 Å². The molecule has 0 saturated carbocycles. The maximum atomic E-state index is 6.58. The predicted molar refractivity (Wildman–Crippen MR) is 83.5 cm³/mol. The van der Waals surface area contributed by atoms with Gasteiger partial charge < -0.3 is 8.85 Å². The van der Waals surface area contributed by atoms with Gasteiger partial charge in [-0.2, -0.15) is 0 Å². The molecule has 1 fully saturated rings. The van der Waals surface area contributed by atoms with Gasteiger partial charge in [0.15, 0.2) is 0 Å². The third-order valence-electron chi connectivity index (χ3n) is 4.27. The minimum Gasteiger partial charge on any atom is -0.398 e. The lowest BCUT2D eigenvalue weighted by atomic mass is 10.1. The maximum Gasteiger partial charge on any atom is 0.338 e. The fourth-order valence-corrected chi connectivity index (χ4v) is 5.13. The molecule has 3 nitrogen and oxygen atoms in total. The van der Waals surface area contributed by atoms with Crippen LogP contribution in [0.2, 0.25) is 12.1 Å². The van der Waals surface area contributed by atoms with Gasteiger partial charge in [0.2, 0.25) is 0 Å². The van der Waals surface area contributed by atoms with Gasteiger partial charge in [-0.05, 0) is 37.3 Å². The molecular formula is C15H33NO2Si. The van der Waals surface area contributed by atoms with E-state index >= 15 is 0 Å². The van der Waals surface area contributed by atoms with E-state index in [-0.39, 0.29) is 6.23 Å². The molecule has 0 bridgehead atoms. The van der Waals surface area contributed by atoms with Crippen LogP contribution >= 0.6 is 0 Å². The number of piperidine rings is 1. The summed E-state index contributed by atoms with van der Waals surface area (Å²) in [5, 5.41) is 0. The normalized spacial score (nSPS) is 19.9. The molecule has 0 aromatic carbocycles. The summed E-state index contributed by atoms with van der Waals surface area (Å²) in [6, 6.07) is 2.09. The Bertz CT molecular complexity index is 230. The molecule has 0 radical (unpaired) electrons. The van der Waals surface area contributed by atoms with Gasteiger partial charge in [0.1, 0.15) is 6.23 Å². The molecule has 0 spiro atoms. The molecule has 19 heavy (non-hydrogen) atoms. The van der Waals surface area contributed by atoms with Crippen LogP contribution in [0.5, 0.6) is 0 Å². The van der Waals surface area contributed by atoms with Crippen LogP contribution in [0.4, 0.5) is 0 Å². The molecule has 4 heteroatoms. The molecule has 1 heterocycles. The minimum atomic E-state index is -1.97. The number of likely N-dealkylation sites (tertiary alicyclic amines) is 1. The molecule has 0 aliphatic carbocycles. The zero-order valence-electron chi connectivity index (χ0n) is 13.6. The Labute approximate surface area is 120 Å². The average molecular weight is 288 g/mol. The smallest absolute Gasteiger partial charge is 0.338 e. The molecule has 1 atom stereocenters. The van der Waals surface area contributed by atoms with Gasteiger partial charge in [-0.3, -0.25) is 4.90 Å². The molecule has 0 amide bonds. The Balaban J connectivity index is 2.71. The van der Waals surface area contributed by atoms with Crippen molar-refractivity contribution in [3.8, 4) is 0 Å². The molecule has 1 aliphatic heterocycles. The van der Waals surface area contributed by atoms with E-state index in [2.05, 4.69) is 32.6 Å². The van der Waals surface area contributed by atoms with Crippen LogP contribution in [0.25, 0.3) is 0 Å². The number of hydrogen-bond acceptors (Lipinski definition) is 3. The first kappa shape index (κ1) is 17.1. The molecule has 1 rings (SSSR count). The minimum absolute atomic E-state index is 0.270. The second kappa shape index (κ2) is 8.40. The van der Waals surface area contributed by atoms with Crippen LogP contribution in [-0.4, -0.2) is 39.9 Å². The Morgan fingerprint density at radius 1 is 1.05 bits per heavy atom. The van der Waals surface area contributed by atoms with E-state index in [4.69, 9.17) is 8.85 Å². The second-order valence-electron chi connectivity index (χ2n) is 6.12. The lowest BCUT2D eigenvalue weighted by Gasteiger charge is -2.40. The number of hydrogen-bond donors (Lipinski definition) is 0. The Morgan fingerprint density at radius 2 is 1.63 bits per heavy atom. The fraction of sp³-hybridized carbons (Fsp3) is 1.00. The zero-order valence-corrected chi connectivity index (χ0v) is 14.6. The highest BCUT2D eigenvalue weighted by atomic mass is 28.4. The van der Waals surface area contributed by atoms with Crippen molar-refractivity contribution in [3.63, 3.8) is 0 Å². The van der Waals surface area contributed by atoms with E-state index < -0.39 is 8.56 Å². The molecule has 0 aromatic rings. The van der Waals surface area contributed by atoms with E-state index in [9.17, 15) is 0 Å². The van der Waals surface area contributed by atoms with Crippen molar-refractivity contribution in [1.29, 1.82) is 0 Å². The first-order valence-corrected chi connectivity index (χ1v) is 10.3. The molecule has 1 saturated heterocycles. The highest BCUT2D eigenvalue weighted by Crippen LogP contribution is 2.26. The van der Waals surface area contributed by atoms with Gasteiger partial charge >= 0.3 is 8.56 Å². The number of rotatable bonds is 8. The third kappa shape index (κ3) is 5.18. The maximum absolute atomic E-state index is 6.58. The predicted octanol–water partition coefficient (Wildman–Crippen LogP) is 3.99. The summed E-state index contributed by atoms with van der Waals surface area (Å²) in [5.41, 5.74) is 0. The quantitative estimate of drug-likeness (QED) is 0.630. The van der Waals surface area contributed by atoms with Gasteiger partial charge in [-0.15, -0.1) is 0 Å². The first-order chi connectivity index (χ1) is 9.06. The molecule has 0 aromatic heterocycles. The van der Waals surface area contributed by atoms with Crippen LogP contribution < -0.4 is 0 Å². The standard InChI is InChI=1S/C15H33NO2Si/c1-6-19(7-2,17-5)18-15(13-14(3)4)16-11-9-8-10-12-16/h14-15H,6-13H2,1-5H3. The number of nitrogens with zero attached hydrogens (tertiary/aromatic N) is 1. The van der Waals surface area contributed by atoms with E-state index in [1.165, 1.54) is 32.4 Å². The summed E-state index contributed by atoms with van der Waals surface area (Å²) in [4.78, 5) is 2.55. The lowest BCUT2D eigenvalue weighted by molar-refractivity contribution is -0.0261. The summed E-state index contributed by atoms with van der Waals surface area (Å²) in [6.07, 6.45) is 5.40. The Kier molecular flexibility index (Phi) is 7.58. The lowest BCUT2D eigenvalue weighted by Crippen LogP contribution is -2.50. The van der Waals surface area contributed by atoms with Crippen LogP contribution in [0, 0.1) is 5.92 Å². The van der Waals surface area contributed by atoms with E-state index in [1.54, 1.807) is 0 Å². The van der Waals surface area contributed by atoms with Crippen molar-refractivity contribution in [2.75, 3.05) is 20.2 Å². The molecule has 0 N–H and O–H groups in total. The Hall–Kier alpha value is 0.0969. The molecule has 114 valence electrons. The van der Waals surface area contributed by atoms with E-state index in [0.29, 0.717) is 5.92 Å². The highest BCUT2D eigenvalue weighted by molar-refractivity contribution is 6.67. The van der Waals surface area contributed by atoms with Crippen molar-refractivity contribution in [1.82, 2.24) is 4.90 Å². The van der Waals surface area contributed by atoms with Crippen molar-refractivity contribution in [2.24, 2.45) is 5.92 Å². The summed E-state index contributed by atoms with van der Waals surface area (Å²) < 4.78 is 12.4. The summed E-state index contributed by atoms with van der Waals surface area (Å²) in [6.45, 7) is 11.4. The summed E-state index contributed by atoms with van der Waals surface area (Å²) in [7, 11) is -0.138. The molecular weight excluding hydrogens is 254 g/mol. The summed E-state index contributed by atoms with van der Waals surface area (Å²) >= 11 is 0. The van der Waals surface area contributed by atoms with Gasteiger partial charge in [-0.25, -0.2) is 0 Å². The van der Waals surface area contributed by atoms with Crippen molar-refractivity contribution in [3.05, 3.63) is 0 Å². The van der Waals surface area contributed by atoms with Crippen molar-refractivity contribution < 1.29 is 8.85 Å². The van der Waals surface area contributed by atoms with Crippen LogP contribution in [0.15, 0.2) is 0 Å². The van der Waals surface area contributed by atoms with E-state index in [0.717, 1.165) is 18.5 Å². The topological polar surface area (TPSA) is 21.7 Å². The first-order valence-electron chi connectivity index (χ1n) is 8.04. The molecule has 1 aliphatic rings. The van der Waals surface area contributed by atoms with E-state index in [1.807, 2.05) is 7.11 Å². The third-order valence-corrected chi connectivity index (χ3v) is 7.87. The second-order valence-corrected chi connectivity index (χ2v) is 10.0. The SMILES string of the molecule is CC[Si](CC)(OC)OC(CC(C)C)N1CCCCC1. The van der Waals surface area contributed by atoms with Gasteiger partial charge in [0.25, 0.3) is 0 Å². The van der Waals surface area contributed by atoms with Crippen LogP contribution in [0.3, 0.4) is 0 Å². The summed E-state index contributed by atoms with van der Waals surface area (Å²) in [5.74, 6) is 0.671. The van der Waals surface area contributed by atoms with Gasteiger partial charge in [0.05, 0.1) is 0 Å². The van der Waals surface area contributed by atoms with Gasteiger partial charge in [0, 0.05) is 20.2 Å². The van der Waals surface area contributed by atoms with Crippen LogP contribution in [0.1, 0.15) is 53.4 Å². The highest BCUT2D eigenvalue weighted by Gasteiger charge is 2.37. The average Bonchev–Trinajstić information content (AvgIpc) is 2.44. The largest absolute Gasteiger partial charge is 0.398 e. The fourth-order valence-electron chi connectivity index (χ4n) is 2.88. The van der Waals surface area contributed by atoms with Crippen LogP contribution in [-0.2, 0) is 8.85 Å². The zero-order chi connectivity index (χ0) is 14.3. The van der Waals surface area contributed by atoms with Gasteiger partial charge in [-0.1, -0.05) is 34.1 Å². The molecule has 1 unspecified atom stereocenters. The van der Waals surface area contributed by atoms with Crippen molar-refractivity contribution >= 4 is 8.56 Å². The monoisotopic (exact) mass is 287 g/mol.